The molecule has 5 heteroatoms. The van der Waals surface area contributed by atoms with Crippen LogP contribution in [0.1, 0.15) is 11.3 Å². The van der Waals surface area contributed by atoms with Crippen molar-refractivity contribution >= 4 is 0 Å². The molecule has 20 heavy (non-hydrogen) atoms. The second-order valence-corrected chi connectivity index (χ2v) is 4.28. The molecule has 0 aliphatic heterocycles. The molecule has 0 N–H and O–H groups in total. The zero-order chi connectivity index (χ0) is 13.9. The highest BCUT2D eigenvalue weighted by Crippen LogP contribution is 2.24. The minimum absolute atomic E-state index is 0.318. The zero-order valence-corrected chi connectivity index (χ0v) is 10.7. The minimum atomic E-state index is 0.318. The number of aromatic nitrogens is 3. The Bertz CT molecular complexity index is 801. The molecule has 2 heterocycles. The van der Waals surface area contributed by atoms with Crippen LogP contribution >= 0.6 is 0 Å². The third-order valence-electron chi connectivity index (χ3n) is 2.93. The van der Waals surface area contributed by atoms with Gasteiger partial charge in [0.25, 0.3) is 5.89 Å². The Hall–Kier alpha value is -3.00. The summed E-state index contributed by atoms with van der Waals surface area (Å²) in [5.74, 6) is 0.913. The van der Waals surface area contributed by atoms with Crippen LogP contribution in [0.3, 0.4) is 0 Å². The van der Waals surface area contributed by atoms with E-state index in [0.717, 1.165) is 11.1 Å². The lowest BCUT2D eigenvalue weighted by molar-refractivity contribution is 0.432. The number of pyridine rings is 1. The van der Waals surface area contributed by atoms with E-state index in [1.807, 2.05) is 37.3 Å². The maximum Gasteiger partial charge on any atom is 0.258 e. The number of rotatable bonds is 2. The first-order chi connectivity index (χ1) is 9.78. The summed E-state index contributed by atoms with van der Waals surface area (Å²) in [5, 5.41) is 12.8. The van der Waals surface area contributed by atoms with E-state index in [-0.39, 0.29) is 0 Å². The quantitative estimate of drug-likeness (QED) is 0.709. The SMILES string of the molecule is Cc1ccccc1-c1noc(-c2ccnc(C#N)c2)n1. The zero-order valence-electron chi connectivity index (χ0n) is 10.7. The highest BCUT2D eigenvalue weighted by molar-refractivity contribution is 5.62. The molecule has 96 valence electrons. The smallest absolute Gasteiger partial charge is 0.258 e. The van der Waals surface area contributed by atoms with Crippen molar-refractivity contribution in [2.75, 3.05) is 0 Å². The second kappa shape index (κ2) is 4.94. The number of aryl methyl sites for hydroxylation is 1. The van der Waals surface area contributed by atoms with E-state index in [2.05, 4.69) is 15.1 Å². The first kappa shape index (κ1) is 12.1. The third kappa shape index (κ3) is 2.15. The molecule has 0 unspecified atom stereocenters. The van der Waals surface area contributed by atoms with Gasteiger partial charge < -0.3 is 4.52 Å². The van der Waals surface area contributed by atoms with E-state index < -0.39 is 0 Å². The number of nitriles is 1. The maximum absolute atomic E-state index is 8.85. The molecule has 1 aromatic carbocycles. The van der Waals surface area contributed by atoms with Crippen LogP contribution in [-0.2, 0) is 0 Å². The maximum atomic E-state index is 8.85. The largest absolute Gasteiger partial charge is 0.334 e. The predicted molar refractivity (Wildman–Crippen MR) is 72.4 cm³/mol. The van der Waals surface area contributed by atoms with Gasteiger partial charge in [0.15, 0.2) is 0 Å². The van der Waals surface area contributed by atoms with Crippen molar-refractivity contribution in [1.29, 1.82) is 5.26 Å². The summed E-state index contributed by atoms with van der Waals surface area (Å²) in [6.45, 7) is 1.99. The molecule has 0 atom stereocenters. The number of hydrogen-bond acceptors (Lipinski definition) is 5. The fraction of sp³-hybridized carbons (Fsp3) is 0.0667. The monoisotopic (exact) mass is 262 g/mol. The fourth-order valence-electron chi connectivity index (χ4n) is 1.90. The van der Waals surface area contributed by atoms with Gasteiger partial charge in [-0.25, -0.2) is 4.98 Å². The van der Waals surface area contributed by atoms with Crippen molar-refractivity contribution in [1.82, 2.24) is 15.1 Å². The third-order valence-corrected chi connectivity index (χ3v) is 2.93. The van der Waals surface area contributed by atoms with Gasteiger partial charge in [-0.15, -0.1) is 0 Å². The summed E-state index contributed by atoms with van der Waals surface area (Å²) in [6, 6.07) is 13.2. The van der Waals surface area contributed by atoms with Crippen molar-refractivity contribution in [2.24, 2.45) is 0 Å². The molecule has 0 saturated carbocycles. The molecule has 0 amide bonds. The molecule has 0 saturated heterocycles. The molecule has 0 aliphatic carbocycles. The van der Waals surface area contributed by atoms with E-state index in [1.165, 1.54) is 0 Å². The van der Waals surface area contributed by atoms with Gasteiger partial charge in [-0.05, 0) is 24.6 Å². The van der Waals surface area contributed by atoms with E-state index in [1.54, 1.807) is 18.3 Å². The van der Waals surface area contributed by atoms with Crippen LogP contribution in [-0.4, -0.2) is 15.1 Å². The highest BCUT2D eigenvalue weighted by atomic mass is 16.5. The highest BCUT2D eigenvalue weighted by Gasteiger charge is 2.12. The molecule has 0 aliphatic rings. The lowest BCUT2D eigenvalue weighted by Gasteiger charge is -1.98. The average Bonchev–Trinajstić information content (AvgIpc) is 2.97. The van der Waals surface area contributed by atoms with Gasteiger partial charge in [-0.2, -0.15) is 10.2 Å². The molecular formula is C15H10N4O. The topological polar surface area (TPSA) is 75.6 Å². The molecule has 0 radical (unpaired) electrons. The number of nitrogens with zero attached hydrogens (tertiary/aromatic N) is 4. The molecule has 0 fully saturated rings. The average molecular weight is 262 g/mol. The lowest BCUT2D eigenvalue weighted by atomic mass is 10.1. The van der Waals surface area contributed by atoms with Gasteiger partial charge in [-0.3, -0.25) is 0 Å². The van der Waals surface area contributed by atoms with Gasteiger partial charge in [0, 0.05) is 17.3 Å². The van der Waals surface area contributed by atoms with Crippen molar-refractivity contribution in [3.63, 3.8) is 0 Å². The van der Waals surface area contributed by atoms with Gasteiger partial charge in [0.1, 0.15) is 11.8 Å². The molecule has 3 rings (SSSR count). The molecule has 5 nitrogen and oxygen atoms in total. The van der Waals surface area contributed by atoms with Gasteiger partial charge >= 0.3 is 0 Å². The number of benzene rings is 1. The first-order valence-electron chi connectivity index (χ1n) is 6.04. The Kier molecular flexibility index (Phi) is 2.98. The molecule has 0 bridgehead atoms. The summed E-state index contributed by atoms with van der Waals surface area (Å²) in [5.41, 5.74) is 3.01. The second-order valence-electron chi connectivity index (χ2n) is 4.28. The summed E-state index contributed by atoms with van der Waals surface area (Å²) in [6.07, 6.45) is 1.55. The Balaban J connectivity index is 2.02. The van der Waals surface area contributed by atoms with E-state index in [4.69, 9.17) is 9.78 Å². The molecule has 2 aromatic heterocycles. The summed E-state index contributed by atoms with van der Waals surface area (Å²) in [7, 11) is 0. The summed E-state index contributed by atoms with van der Waals surface area (Å²) < 4.78 is 5.26. The van der Waals surface area contributed by atoms with Crippen molar-refractivity contribution in [3.8, 4) is 28.9 Å². The van der Waals surface area contributed by atoms with E-state index in [9.17, 15) is 0 Å². The van der Waals surface area contributed by atoms with Gasteiger partial charge in [0.2, 0.25) is 5.82 Å². The Morgan fingerprint density at radius 3 is 2.85 bits per heavy atom. The fourth-order valence-corrected chi connectivity index (χ4v) is 1.90. The normalized spacial score (nSPS) is 10.2. The van der Waals surface area contributed by atoms with Crippen LogP contribution in [0, 0.1) is 18.3 Å². The Morgan fingerprint density at radius 2 is 2.05 bits per heavy atom. The summed E-state index contributed by atoms with van der Waals surface area (Å²) >= 11 is 0. The van der Waals surface area contributed by atoms with E-state index >= 15 is 0 Å². The Labute approximate surface area is 115 Å². The van der Waals surface area contributed by atoms with Crippen LogP contribution in [0.4, 0.5) is 0 Å². The van der Waals surface area contributed by atoms with Crippen LogP contribution in [0.25, 0.3) is 22.8 Å². The van der Waals surface area contributed by atoms with Crippen LogP contribution < -0.4 is 0 Å². The molecule has 0 spiro atoms. The van der Waals surface area contributed by atoms with Gasteiger partial charge in [-0.1, -0.05) is 29.4 Å². The predicted octanol–water partition coefficient (Wildman–Crippen LogP) is 2.98. The van der Waals surface area contributed by atoms with Crippen LogP contribution in [0.15, 0.2) is 47.1 Å². The van der Waals surface area contributed by atoms with Gasteiger partial charge in [0.05, 0.1) is 0 Å². The van der Waals surface area contributed by atoms with Crippen LogP contribution in [0.2, 0.25) is 0 Å². The van der Waals surface area contributed by atoms with Crippen molar-refractivity contribution < 1.29 is 4.52 Å². The minimum Gasteiger partial charge on any atom is -0.334 e. The Morgan fingerprint density at radius 1 is 1.20 bits per heavy atom. The van der Waals surface area contributed by atoms with E-state index in [0.29, 0.717) is 23.0 Å². The van der Waals surface area contributed by atoms with Crippen LogP contribution in [0.5, 0.6) is 0 Å². The summed E-state index contributed by atoms with van der Waals surface area (Å²) in [4.78, 5) is 8.28. The molecule has 3 aromatic rings. The number of hydrogen-bond donors (Lipinski definition) is 0. The lowest BCUT2D eigenvalue weighted by Crippen LogP contribution is -1.86. The van der Waals surface area contributed by atoms with Crippen molar-refractivity contribution in [3.05, 3.63) is 53.9 Å². The standard InChI is InChI=1S/C15H10N4O/c1-10-4-2-3-5-13(10)14-18-15(20-19-14)11-6-7-17-12(8-11)9-16/h2-8H,1H3. The molecular weight excluding hydrogens is 252 g/mol. The van der Waals surface area contributed by atoms with Crippen molar-refractivity contribution in [2.45, 2.75) is 6.92 Å². The first-order valence-corrected chi connectivity index (χ1v) is 6.04.